The van der Waals surface area contributed by atoms with Crippen LogP contribution in [0, 0.1) is 6.92 Å². The second kappa shape index (κ2) is 7.09. The molecule has 1 aliphatic heterocycles. The third kappa shape index (κ3) is 3.82. The minimum atomic E-state index is -4.48. The van der Waals surface area contributed by atoms with Crippen LogP contribution in [-0.4, -0.2) is 37.7 Å². The first-order valence-electron chi connectivity index (χ1n) is 9.24. The van der Waals surface area contributed by atoms with Crippen LogP contribution in [0.2, 0.25) is 0 Å². The minimum absolute atomic E-state index is 0.00243. The first-order chi connectivity index (χ1) is 13.3. The average molecular weight is 390 g/mol. The lowest BCUT2D eigenvalue weighted by atomic mass is 9.92. The van der Waals surface area contributed by atoms with E-state index < -0.39 is 11.9 Å². The van der Waals surface area contributed by atoms with Crippen molar-refractivity contribution >= 4 is 5.65 Å². The molecule has 1 aliphatic rings. The van der Waals surface area contributed by atoms with E-state index in [-0.39, 0.29) is 17.3 Å². The zero-order chi connectivity index (χ0) is 19.9. The number of halogens is 3. The van der Waals surface area contributed by atoms with Gasteiger partial charge in [-0.1, -0.05) is 12.1 Å². The van der Waals surface area contributed by atoms with Gasteiger partial charge in [-0.05, 0) is 56.6 Å². The Morgan fingerprint density at radius 3 is 2.43 bits per heavy atom. The van der Waals surface area contributed by atoms with Crippen molar-refractivity contribution in [3.05, 3.63) is 59.0 Å². The summed E-state index contributed by atoms with van der Waals surface area (Å²) in [6.07, 6.45) is -2.97. The molecule has 3 heterocycles. The van der Waals surface area contributed by atoms with Gasteiger partial charge in [0.15, 0.2) is 5.65 Å². The van der Waals surface area contributed by atoms with Crippen LogP contribution >= 0.6 is 0 Å². The summed E-state index contributed by atoms with van der Waals surface area (Å²) in [5, 5.41) is 13.3. The number of hydrogen-bond acceptors (Lipinski definition) is 4. The number of alkyl halides is 3. The molecule has 1 saturated heterocycles. The number of rotatable bonds is 3. The van der Waals surface area contributed by atoms with E-state index in [0.29, 0.717) is 11.4 Å². The zero-order valence-corrected chi connectivity index (χ0v) is 15.4. The standard InChI is InChI=1S/C20H21F3N4O/c1-13-10-19-24-17(11-18(20(21,22)23)27(19)25-13)15-6-8-26(9-7-15)12-14-2-4-16(28)5-3-14/h2-5,10-11,15,28H,6-9,12H2,1H3. The van der Waals surface area contributed by atoms with Crippen molar-refractivity contribution in [1.29, 1.82) is 0 Å². The van der Waals surface area contributed by atoms with Crippen LogP contribution in [0.25, 0.3) is 5.65 Å². The Labute approximate surface area is 160 Å². The molecule has 0 aliphatic carbocycles. The molecule has 5 nitrogen and oxygen atoms in total. The van der Waals surface area contributed by atoms with Gasteiger partial charge in [-0.2, -0.15) is 18.3 Å². The summed E-state index contributed by atoms with van der Waals surface area (Å²) < 4.78 is 41.4. The van der Waals surface area contributed by atoms with E-state index in [9.17, 15) is 18.3 Å². The Morgan fingerprint density at radius 1 is 1.11 bits per heavy atom. The lowest BCUT2D eigenvalue weighted by molar-refractivity contribution is -0.142. The number of phenols is 1. The molecule has 0 radical (unpaired) electrons. The highest BCUT2D eigenvalue weighted by atomic mass is 19.4. The van der Waals surface area contributed by atoms with E-state index in [1.807, 2.05) is 12.1 Å². The van der Waals surface area contributed by atoms with Crippen LogP contribution in [0.5, 0.6) is 5.75 Å². The molecule has 1 fully saturated rings. The average Bonchev–Trinajstić information content (AvgIpc) is 3.02. The van der Waals surface area contributed by atoms with Crippen molar-refractivity contribution in [2.45, 2.75) is 38.4 Å². The van der Waals surface area contributed by atoms with Crippen LogP contribution in [0.4, 0.5) is 13.2 Å². The fourth-order valence-electron chi connectivity index (χ4n) is 3.77. The number of phenolic OH excluding ortho intramolecular Hbond substituents is 1. The van der Waals surface area contributed by atoms with Crippen molar-refractivity contribution in [2.24, 2.45) is 0 Å². The monoisotopic (exact) mass is 390 g/mol. The van der Waals surface area contributed by atoms with Crippen LogP contribution in [0.15, 0.2) is 36.4 Å². The fraction of sp³-hybridized carbons (Fsp3) is 0.400. The van der Waals surface area contributed by atoms with E-state index >= 15 is 0 Å². The summed E-state index contributed by atoms with van der Waals surface area (Å²) in [4.78, 5) is 6.74. The number of nitrogens with zero attached hydrogens (tertiary/aromatic N) is 4. The second-order valence-corrected chi connectivity index (χ2v) is 7.34. The molecule has 4 rings (SSSR count). The van der Waals surface area contributed by atoms with Crippen molar-refractivity contribution in [3.8, 4) is 5.75 Å². The largest absolute Gasteiger partial charge is 0.508 e. The van der Waals surface area contributed by atoms with Gasteiger partial charge in [0.2, 0.25) is 0 Å². The maximum atomic E-state index is 13.5. The van der Waals surface area contributed by atoms with Crippen LogP contribution < -0.4 is 0 Å². The SMILES string of the molecule is Cc1cc2nc(C3CCN(Cc4ccc(O)cc4)CC3)cc(C(F)(F)F)n2n1. The maximum absolute atomic E-state index is 13.5. The van der Waals surface area contributed by atoms with Crippen molar-refractivity contribution in [3.63, 3.8) is 0 Å². The first-order valence-corrected chi connectivity index (χ1v) is 9.24. The number of hydrogen-bond donors (Lipinski definition) is 1. The number of likely N-dealkylation sites (tertiary alicyclic amines) is 1. The molecule has 1 aromatic carbocycles. The smallest absolute Gasteiger partial charge is 0.433 e. The highest BCUT2D eigenvalue weighted by Crippen LogP contribution is 2.34. The van der Waals surface area contributed by atoms with E-state index in [2.05, 4.69) is 15.0 Å². The molecule has 3 aromatic rings. The quantitative estimate of drug-likeness (QED) is 0.730. The topological polar surface area (TPSA) is 53.7 Å². The van der Waals surface area contributed by atoms with Gasteiger partial charge in [0.25, 0.3) is 0 Å². The van der Waals surface area contributed by atoms with Gasteiger partial charge < -0.3 is 5.11 Å². The molecule has 0 unspecified atom stereocenters. The van der Waals surface area contributed by atoms with E-state index in [4.69, 9.17) is 0 Å². The fourth-order valence-corrected chi connectivity index (χ4v) is 3.77. The lowest BCUT2D eigenvalue weighted by Crippen LogP contribution is -2.33. The van der Waals surface area contributed by atoms with Crippen molar-refractivity contribution in [1.82, 2.24) is 19.5 Å². The Balaban J connectivity index is 1.51. The van der Waals surface area contributed by atoms with Crippen molar-refractivity contribution < 1.29 is 18.3 Å². The Morgan fingerprint density at radius 2 is 1.79 bits per heavy atom. The van der Waals surface area contributed by atoms with Gasteiger partial charge in [-0.15, -0.1) is 0 Å². The number of benzene rings is 1. The molecule has 148 valence electrons. The molecular formula is C20H21F3N4O. The molecule has 0 bridgehead atoms. The minimum Gasteiger partial charge on any atom is -0.508 e. The van der Waals surface area contributed by atoms with Crippen molar-refractivity contribution in [2.75, 3.05) is 13.1 Å². The number of aromatic nitrogens is 3. The Kier molecular flexibility index (Phi) is 4.74. The maximum Gasteiger partial charge on any atom is 0.433 e. The normalized spacial score (nSPS) is 16.7. The second-order valence-electron chi connectivity index (χ2n) is 7.34. The van der Waals surface area contributed by atoms with Crippen LogP contribution in [0.1, 0.15) is 41.4 Å². The summed E-state index contributed by atoms with van der Waals surface area (Å²) in [7, 11) is 0. The highest BCUT2D eigenvalue weighted by Gasteiger charge is 2.36. The van der Waals surface area contributed by atoms with Gasteiger partial charge >= 0.3 is 6.18 Å². The molecule has 2 aromatic heterocycles. The van der Waals surface area contributed by atoms with Gasteiger partial charge in [0.05, 0.1) is 5.69 Å². The summed E-state index contributed by atoms with van der Waals surface area (Å²) >= 11 is 0. The Bertz CT molecular complexity index is 974. The molecule has 28 heavy (non-hydrogen) atoms. The van der Waals surface area contributed by atoms with Gasteiger partial charge in [-0.25, -0.2) is 9.50 Å². The number of aryl methyl sites for hydroxylation is 1. The summed E-state index contributed by atoms with van der Waals surface area (Å²) in [6, 6.07) is 9.82. The first kappa shape index (κ1) is 18.7. The molecule has 0 atom stereocenters. The molecule has 0 amide bonds. The molecule has 0 saturated carbocycles. The van der Waals surface area contributed by atoms with E-state index in [0.717, 1.165) is 48.6 Å². The number of fused-ring (bicyclic) bond motifs is 1. The lowest BCUT2D eigenvalue weighted by Gasteiger charge is -2.32. The zero-order valence-electron chi connectivity index (χ0n) is 15.4. The predicted molar refractivity (Wildman–Crippen MR) is 98.1 cm³/mol. The molecule has 1 N–H and O–H groups in total. The summed E-state index contributed by atoms with van der Waals surface area (Å²) in [5.74, 6) is 0.233. The van der Waals surface area contributed by atoms with Crippen LogP contribution in [0.3, 0.4) is 0 Å². The van der Waals surface area contributed by atoms with E-state index in [1.165, 1.54) is 0 Å². The van der Waals surface area contributed by atoms with E-state index in [1.54, 1.807) is 25.1 Å². The summed E-state index contributed by atoms with van der Waals surface area (Å²) in [5.41, 5.74) is 1.58. The highest BCUT2D eigenvalue weighted by molar-refractivity contribution is 5.43. The molecular weight excluding hydrogens is 369 g/mol. The number of aromatic hydroxyl groups is 1. The van der Waals surface area contributed by atoms with Gasteiger partial charge in [0, 0.05) is 24.2 Å². The molecule has 0 spiro atoms. The molecule has 8 heteroatoms. The summed E-state index contributed by atoms with van der Waals surface area (Å²) in [6.45, 7) is 4.00. The Hall–Kier alpha value is -2.61. The predicted octanol–water partition coefficient (Wildman–Crippen LogP) is 4.14. The third-order valence-corrected chi connectivity index (χ3v) is 5.21. The van der Waals surface area contributed by atoms with Gasteiger partial charge in [0.1, 0.15) is 11.4 Å². The van der Waals surface area contributed by atoms with Gasteiger partial charge in [-0.3, -0.25) is 4.90 Å². The third-order valence-electron chi connectivity index (χ3n) is 5.21. The van der Waals surface area contributed by atoms with Crippen LogP contribution in [-0.2, 0) is 12.7 Å². The number of piperidine rings is 1.